The Balaban J connectivity index is 1.53. The topological polar surface area (TPSA) is 69.7 Å². The van der Waals surface area contributed by atoms with Gasteiger partial charge in [0.25, 0.3) is 0 Å². The molecule has 2 aromatic rings. The summed E-state index contributed by atoms with van der Waals surface area (Å²) in [5.41, 5.74) is 3.01. The summed E-state index contributed by atoms with van der Waals surface area (Å²) in [5.74, 6) is -0.0806. The minimum Gasteiger partial charge on any atom is -0.348 e. The second-order valence-electron chi connectivity index (χ2n) is 7.77. The number of carbonyl (C=O) groups excluding carboxylic acids is 1. The second-order valence-corrected chi connectivity index (χ2v) is 10.1. The summed E-state index contributed by atoms with van der Waals surface area (Å²) in [4.78, 5) is 14.7. The van der Waals surface area contributed by atoms with E-state index in [9.17, 15) is 13.2 Å². The molecule has 0 radical (unpaired) electrons. The molecule has 1 saturated heterocycles. The Bertz CT molecular complexity index is 1000. The average Bonchev–Trinajstić information content (AvgIpc) is 2.70. The maximum Gasteiger partial charge on any atom is 0.243 e. The van der Waals surface area contributed by atoms with E-state index < -0.39 is 10.0 Å². The van der Waals surface area contributed by atoms with Crippen molar-refractivity contribution in [1.29, 1.82) is 0 Å². The number of amides is 1. The monoisotopic (exact) mass is 449 g/mol. The minimum atomic E-state index is -3.52. The maximum absolute atomic E-state index is 12.9. The SMILES string of the molecule is Cc1ccc(S(=O)(=O)N2CCN(CC(=O)NC(C)c3ccc(Cl)cc3)CC2)cc1C. The number of sulfonamides is 1. The van der Waals surface area contributed by atoms with E-state index in [0.717, 1.165) is 16.7 Å². The first kappa shape index (κ1) is 22.7. The van der Waals surface area contributed by atoms with Crippen molar-refractivity contribution in [1.82, 2.24) is 14.5 Å². The Morgan fingerprint density at radius 3 is 2.27 bits per heavy atom. The molecule has 6 nitrogen and oxygen atoms in total. The normalized spacial score (nSPS) is 16.9. The number of rotatable bonds is 6. The van der Waals surface area contributed by atoms with Gasteiger partial charge in [-0.25, -0.2) is 8.42 Å². The molecule has 0 spiro atoms. The minimum absolute atomic E-state index is 0.0806. The van der Waals surface area contributed by atoms with Crippen LogP contribution in [0.2, 0.25) is 5.02 Å². The Morgan fingerprint density at radius 2 is 1.67 bits per heavy atom. The van der Waals surface area contributed by atoms with Gasteiger partial charge in [0.1, 0.15) is 0 Å². The van der Waals surface area contributed by atoms with E-state index in [1.807, 2.05) is 43.9 Å². The molecular weight excluding hydrogens is 422 g/mol. The van der Waals surface area contributed by atoms with Gasteiger partial charge in [-0.3, -0.25) is 9.69 Å². The van der Waals surface area contributed by atoms with E-state index in [1.54, 1.807) is 24.3 Å². The molecule has 8 heteroatoms. The lowest BCUT2D eigenvalue weighted by Gasteiger charge is -2.33. The van der Waals surface area contributed by atoms with Crippen molar-refractivity contribution in [3.8, 4) is 0 Å². The Labute approximate surface area is 183 Å². The van der Waals surface area contributed by atoms with E-state index in [-0.39, 0.29) is 18.5 Å². The number of halogens is 1. The summed E-state index contributed by atoms with van der Waals surface area (Å²) in [5, 5.41) is 3.64. The van der Waals surface area contributed by atoms with Gasteiger partial charge < -0.3 is 5.32 Å². The third-order valence-corrected chi connectivity index (χ3v) is 7.71. The highest BCUT2D eigenvalue weighted by Crippen LogP contribution is 2.21. The van der Waals surface area contributed by atoms with E-state index in [1.165, 1.54) is 4.31 Å². The van der Waals surface area contributed by atoms with Crippen molar-refractivity contribution in [2.75, 3.05) is 32.7 Å². The van der Waals surface area contributed by atoms with Crippen LogP contribution in [0.25, 0.3) is 0 Å². The molecule has 1 aliphatic rings. The van der Waals surface area contributed by atoms with Crippen LogP contribution in [0.15, 0.2) is 47.4 Å². The van der Waals surface area contributed by atoms with Gasteiger partial charge in [-0.05, 0) is 61.7 Å². The predicted octanol–water partition coefficient (Wildman–Crippen LogP) is 3.14. The van der Waals surface area contributed by atoms with Crippen LogP contribution in [0.5, 0.6) is 0 Å². The first-order valence-corrected chi connectivity index (χ1v) is 11.8. The number of hydrogen-bond acceptors (Lipinski definition) is 4. The van der Waals surface area contributed by atoms with Crippen LogP contribution in [-0.2, 0) is 14.8 Å². The smallest absolute Gasteiger partial charge is 0.243 e. The van der Waals surface area contributed by atoms with Crippen molar-refractivity contribution in [3.63, 3.8) is 0 Å². The Hall–Kier alpha value is -1.93. The van der Waals surface area contributed by atoms with Gasteiger partial charge in [0.2, 0.25) is 15.9 Å². The lowest BCUT2D eigenvalue weighted by molar-refractivity contribution is -0.123. The molecule has 1 N–H and O–H groups in total. The molecule has 162 valence electrons. The Kier molecular flexibility index (Phi) is 7.18. The highest BCUT2D eigenvalue weighted by atomic mass is 35.5. The first-order chi connectivity index (χ1) is 14.2. The summed E-state index contributed by atoms with van der Waals surface area (Å²) in [7, 11) is -3.52. The van der Waals surface area contributed by atoms with Crippen molar-refractivity contribution in [2.45, 2.75) is 31.7 Å². The van der Waals surface area contributed by atoms with Crippen LogP contribution in [0.1, 0.15) is 29.7 Å². The molecule has 30 heavy (non-hydrogen) atoms. The molecule has 1 atom stereocenters. The lowest BCUT2D eigenvalue weighted by atomic mass is 10.1. The number of piperazine rings is 1. The highest BCUT2D eigenvalue weighted by molar-refractivity contribution is 7.89. The molecule has 3 rings (SSSR count). The zero-order valence-corrected chi connectivity index (χ0v) is 19.1. The Morgan fingerprint density at radius 1 is 1.03 bits per heavy atom. The van der Waals surface area contributed by atoms with E-state index in [0.29, 0.717) is 36.1 Å². The van der Waals surface area contributed by atoms with Gasteiger partial charge in [-0.1, -0.05) is 29.8 Å². The van der Waals surface area contributed by atoms with Crippen LogP contribution < -0.4 is 5.32 Å². The average molecular weight is 450 g/mol. The first-order valence-electron chi connectivity index (χ1n) is 10.0. The number of carbonyl (C=O) groups is 1. The highest BCUT2D eigenvalue weighted by Gasteiger charge is 2.29. The molecule has 0 aromatic heterocycles. The maximum atomic E-state index is 12.9. The van der Waals surface area contributed by atoms with E-state index in [2.05, 4.69) is 5.32 Å². The van der Waals surface area contributed by atoms with Gasteiger partial charge in [0.05, 0.1) is 17.5 Å². The molecule has 0 saturated carbocycles. The summed E-state index contributed by atoms with van der Waals surface area (Å²) in [6, 6.07) is 12.5. The third-order valence-electron chi connectivity index (χ3n) is 5.56. The summed E-state index contributed by atoms with van der Waals surface area (Å²) >= 11 is 5.91. The van der Waals surface area contributed by atoms with E-state index in [4.69, 9.17) is 11.6 Å². The predicted molar refractivity (Wildman–Crippen MR) is 119 cm³/mol. The molecule has 1 unspecified atom stereocenters. The van der Waals surface area contributed by atoms with Crippen LogP contribution >= 0.6 is 11.6 Å². The fraction of sp³-hybridized carbons (Fsp3) is 0.409. The number of aryl methyl sites for hydroxylation is 2. The van der Waals surface area contributed by atoms with Gasteiger partial charge in [0, 0.05) is 31.2 Å². The second kappa shape index (κ2) is 9.47. The van der Waals surface area contributed by atoms with Crippen molar-refractivity contribution >= 4 is 27.5 Å². The van der Waals surface area contributed by atoms with Gasteiger partial charge >= 0.3 is 0 Å². The zero-order chi connectivity index (χ0) is 21.9. The summed E-state index contributed by atoms with van der Waals surface area (Å²) < 4.78 is 27.4. The van der Waals surface area contributed by atoms with Crippen molar-refractivity contribution < 1.29 is 13.2 Å². The molecule has 0 aliphatic carbocycles. The van der Waals surface area contributed by atoms with Crippen LogP contribution in [0.3, 0.4) is 0 Å². The number of nitrogens with one attached hydrogen (secondary N) is 1. The van der Waals surface area contributed by atoms with Gasteiger partial charge in [0.15, 0.2) is 0 Å². The molecular formula is C22H28ClN3O3S. The fourth-order valence-electron chi connectivity index (χ4n) is 3.48. The zero-order valence-electron chi connectivity index (χ0n) is 17.6. The number of nitrogens with zero attached hydrogens (tertiary/aromatic N) is 2. The van der Waals surface area contributed by atoms with Crippen LogP contribution in [0, 0.1) is 13.8 Å². The summed E-state index contributed by atoms with van der Waals surface area (Å²) in [6.07, 6.45) is 0. The molecule has 1 aliphatic heterocycles. The van der Waals surface area contributed by atoms with Crippen LogP contribution in [-0.4, -0.2) is 56.3 Å². The molecule has 0 bridgehead atoms. The van der Waals surface area contributed by atoms with Crippen molar-refractivity contribution in [2.24, 2.45) is 0 Å². The van der Waals surface area contributed by atoms with Crippen LogP contribution in [0.4, 0.5) is 0 Å². The van der Waals surface area contributed by atoms with Crippen molar-refractivity contribution in [3.05, 3.63) is 64.2 Å². The summed E-state index contributed by atoms with van der Waals surface area (Å²) in [6.45, 7) is 7.83. The number of hydrogen-bond donors (Lipinski definition) is 1. The quantitative estimate of drug-likeness (QED) is 0.735. The van der Waals surface area contributed by atoms with E-state index >= 15 is 0 Å². The molecule has 1 fully saturated rings. The number of benzene rings is 2. The molecule has 2 aromatic carbocycles. The van der Waals surface area contributed by atoms with Gasteiger partial charge in [-0.2, -0.15) is 4.31 Å². The van der Waals surface area contributed by atoms with Gasteiger partial charge in [-0.15, -0.1) is 0 Å². The standard InChI is InChI=1S/C22H28ClN3O3S/c1-16-4-9-21(14-17(16)2)30(28,29)26-12-10-25(11-13-26)15-22(27)24-18(3)19-5-7-20(23)8-6-19/h4-9,14,18H,10-13,15H2,1-3H3,(H,24,27). The molecule has 1 amide bonds. The molecule has 1 heterocycles. The largest absolute Gasteiger partial charge is 0.348 e. The fourth-order valence-corrected chi connectivity index (χ4v) is 5.11. The third kappa shape index (κ3) is 5.40. The lowest BCUT2D eigenvalue weighted by Crippen LogP contribution is -2.51.